The van der Waals surface area contributed by atoms with Gasteiger partial charge in [-0.1, -0.05) is 6.08 Å². The van der Waals surface area contributed by atoms with Gasteiger partial charge in [-0.25, -0.2) is 0 Å². The van der Waals surface area contributed by atoms with E-state index in [2.05, 4.69) is 17.5 Å². The minimum absolute atomic E-state index is 0.402. The molecule has 1 aliphatic carbocycles. The van der Waals surface area contributed by atoms with E-state index in [0.29, 0.717) is 24.7 Å². The lowest BCUT2D eigenvalue weighted by molar-refractivity contribution is 0.0437. The summed E-state index contributed by atoms with van der Waals surface area (Å²) in [6.07, 6.45) is 4.81. The molecule has 0 aromatic carbocycles. The Hall–Kier alpha value is -1.06. The van der Waals surface area contributed by atoms with Crippen LogP contribution in [0.25, 0.3) is 0 Å². The van der Waals surface area contributed by atoms with Crippen LogP contribution in [0.3, 0.4) is 0 Å². The minimum atomic E-state index is 0.402. The second-order valence-corrected chi connectivity index (χ2v) is 5.43. The van der Waals surface area contributed by atoms with E-state index in [4.69, 9.17) is 9.15 Å². The normalized spacial score (nSPS) is 31.1. The highest BCUT2D eigenvalue weighted by Crippen LogP contribution is 2.40. The highest BCUT2D eigenvalue weighted by molar-refractivity contribution is 5.08. The summed E-state index contributed by atoms with van der Waals surface area (Å²) in [6, 6.07) is 4.69. The summed E-state index contributed by atoms with van der Waals surface area (Å²) >= 11 is 0. The van der Waals surface area contributed by atoms with Crippen molar-refractivity contribution in [2.75, 3.05) is 13.2 Å². The molecular formula is C15H21NO2. The molecule has 2 aliphatic rings. The maximum atomic E-state index is 5.92. The van der Waals surface area contributed by atoms with E-state index in [0.717, 1.165) is 24.6 Å². The quantitative estimate of drug-likeness (QED) is 0.748. The minimum Gasteiger partial charge on any atom is -0.465 e. The van der Waals surface area contributed by atoms with Gasteiger partial charge in [-0.05, 0) is 37.8 Å². The zero-order valence-corrected chi connectivity index (χ0v) is 11.0. The molecule has 2 heterocycles. The Kier molecular flexibility index (Phi) is 3.27. The molecule has 3 atom stereocenters. The standard InChI is InChI=1S/C15H21NO2/c1-3-8-17-15-12-5-7-14(15)16(9-12)10-13-6-4-11(2)18-13/h3-4,6,12,14-15H,1,5,7-10H2,2H3/t12-,14+,15+/m0/s1. The molecular weight excluding hydrogens is 226 g/mol. The summed E-state index contributed by atoms with van der Waals surface area (Å²) < 4.78 is 11.6. The van der Waals surface area contributed by atoms with E-state index in [1.165, 1.54) is 12.8 Å². The lowest BCUT2D eigenvalue weighted by atomic mass is 10.1. The van der Waals surface area contributed by atoms with Crippen molar-refractivity contribution in [3.63, 3.8) is 0 Å². The Bertz CT molecular complexity index is 426. The van der Waals surface area contributed by atoms with Crippen molar-refractivity contribution in [2.24, 2.45) is 5.92 Å². The van der Waals surface area contributed by atoms with Gasteiger partial charge in [0, 0.05) is 12.6 Å². The molecule has 3 nitrogen and oxygen atoms in total. The van der Waals surface area contributed by atoms with Crippen molar-refractivity contribution in [1.82, 2.24) is 4.90 Å². The van der Waals surface area contributed by atoms with Gasteiger partial charge in [0.2, 0.25) is 0 Å². The first-order valence-corrected chi connectivity index (χ1v) is 6.80. The topological polar surface area (TPSA) is 25.6 Å². The molecule has 2 bridgehead atoms. The van der Waals surface area contributed by atoms with E-state index < -0.39 is 0 Å². The Balaban J connectivity index is 1.64. The number of furan rings is 1. The highest BCUT2D eigenvalue weighted by atomic mass is 16.5. The fraction of sp³-hybridized carbons (Fsp3) is 0.600. The van der Waals surface area contributed by atoms with E-state index in [1.807, 2.05) is 19.1 Å². The maximum Gasteiger partial charge on any atom is 0.118 e. The number of aryl methyl sites for hydroxylation is 1. The average molecular weight is 247 g/mol. The van der Waals surface area contributed by atoms with Crippen molar-refractivity contribution >= 4 is 0 Å². The van der Waals surface area contributed by atoms with Crippen LogP contribution in [0.5, 0.6) is 0 Å². The summed E-state index contributed by atoms with van der Waals surface area (Å²) in [6.45, 7) is 8.46. The van der Waals surface area contributed by atoms with E-state index in [9.17, 15) is 0 Å². The number of ether oxygens (including phenoxy) is 1. The molecule has 3 heteroatoms. The largest absolute Gasteiger partial charge is 0.465 e. The number of nitrogens with zero attached hydrogens (tertiary/aromatic N) is 1. The van der Waals surface area contributed by atoms with Gasteiger partial charge in [0.05, 0.1) is 19.3 Å². The molecule has 3 rings (SSSR count). The molecule has 0 N–H and O–H groups in total. The van der Waals surface area contributed by atoms with Crippen LogP contribution in [0.4, 0.5) is 0 Å². The SMILES string of the molecule is C=CCO[C@@H]1[C@H]2CC[C@H]1N(Cc1ccc(C)o1)C2. The Morgan fingerprint density at radius 2 is 2.39 bits per heavy atom. The first-order valence-electron chi connectivity index (χ1n) is 6.80. The second kappa shape index (κ2) is 4.90. The van der Waals surface area contributed by atoms with Gasteiger partial charge in [-0.2, -0.15) is 0 Å². The van der Waals surface area contributed by atoms with Gasteiger partial charge < -0.3 is 9.15 Å². The summed E-state index contributed by atoms with van der Waals surface area (Å²) in [7, 11) is 0. The van der Waals surface area contributed by atoms with Crippen LogP contribution in [0, 0.1) is 12.8 Å². The molecule has 2 fully saturated rings. The third-order valence-corrected chi connectivity index (χ3v) is 4.18. The van der Waals surface area contributed by atoms with Crippen LogP contribution in [0.1, 0.15) is 24.4 Å². The molecule has 1 aromatic rings. The Labute approximate surface area is 108 Å². The van der Waals surface area contributed by atoms with Crippen LogP contribution in [0.2, 0.25) is 0 Å². The van der Waals surface area contributed by atoms with Crippen molar-refractivity contribution in [2.45, 2.75) is 38.5 Å². The first-order chi connectivity index (χ1) is 8.78. The molecule has 1 saturated carbocycles. The number of hydrogen-bond acceptors (Lipinski definition) is 3. The zero-order chi connectivity index (χ0) is 12.5. The van der Waals surface area contributed by atoms with Gasteiger partial charge in [-0.15, -0.1) is 6.58 Å². The van der Waals surface area contributed by atoms with Gasteiger partial charge in [0.25, 0.3) is 0 Å². The van der Waals surface area contributed by atoms with Crippen molar-refractivity contribution in [3.05, 3.63) is 36.3 Å². The Morgan fingerprint density at radius 1 is 1.50 bits per heavy atom. The van der Waals surface area contributed by atoms with Gasteiger partial charge in [-0.3, -0.25) is 4.90 Å². The summed E-state index contributed by atoms with van der Waals surface area (Å²) in [5.74, 6) is 2.77. The van der Waals surface area contributed by atoms with E-state index >= 15 is 0 Å². The fourth-order valence-electron chi connectivity index (χ4n) is 3.43. The third kappa shape index (κ3) is 2.13. The fourth-order valence-corrected chi connectivity index (χ4v) is 3.43. The lowest BCUT2D eigenvalue weighted by Gasteiger charge is -2.26. The molecule has 1 saturated heterocycles. The van der Waals surface area contributed by atoms with Crippen LogP contribution in [-0.4, -0.2) is 30.2 Å². The smallest absolute Gasteiger partial charge is 0.118 e. The molecule has 1 aliphatic heterocycles. The number of fused-ring (bicyclic) bond motifs is 2. The highest BCUT2D eigenvalue weighted by Gasteiger charge is 2.47. The Morgan fingerprint density at radius 3 is 3.11 bits per heavy atom. The van der Waals surface area contributed by atoms with Crippen LogP contribution in [0.15, 0.2) is 29.2 Å². The van der Waals surface area contributed by atoms with Crippen LogP contribution < -0.4 is 0 Å². The van der Waals surface area contributed by atoms with Crippen LogP contribution in [-0.2, 0) is 11.3 Å². The van der Waals surface area contributed by atoms with Crippen LogP contribution >= 0.6 is 0 Å². The van der Waals surface area contributed by atoms with Crippen molar-refractivity contribution in [3.8, 4) is 0 Å². The molecule has 1 aromatic heterocycles. The number of likely N-dealkylation sites (tertiary alicyclic amines) is 1. The molecule has 0 unspecified atom stereocenters. The molecule has 0 amide bonds. The monoisotopic (exact) mass is 247 g/mol. The third-order valence-electron chi connectivity index (χ3n) is 4.18. The molecule has 98 valence electrons. The molecule has 0 spiro atoms. The number of piperidine rings is 1. The van der Waals surface area contributed by atoms with Crippen molar-refractivity contribution < 1.29 is 9.15 Å². The first kappa shape index (κ1) is 12.0. The molecule has 0 radical (unpaired) electrons. The van der Waals surface area contributed by atoms with Gasteiger partial charge >= 0.3 is 0 Å². The van der Waals surface area contributed by atoms with E-state index in [-0.39, 0.29) is 0 Å². The average Bonchev–Trinajstić information content (AvgIpc) is 3.02. The number of rotatable bonds is 5. The summed E-state index contributed by atoms with van der Waals surface area (Å²) in [5, 5.41) is 0. The van der Waals surface area contributed by atoms with Crippen molar-refractivity contribution in [1.29, 1.82) is 0 Å². The van der Waals surface area contributed by atoms with Gasteiger partial charge in [0.1, 0.15) is 11.5 Å². The zero-order valence-electron chi connectivity index (χ0n) is 11.0. The summed E-state index contributed by atoms with van der Waals surface area (Å²) in [5.41, 5.74) is 0. The predicted molar refractivity (Wildman–Crippen MR) is 70.3 cm³/mol. The molecule has 18 heavy (non-hydrogen) atoms. The summed E-state index contributed by atoms with van der Waals surface area (Å²) in [4.78, 5) is 2.51. The predicted octanol–water partition coefficient (Wildman–Crippen LogP) is 2.75. The number of hydrogen-bond donors (Lipinski definition) is 0. The second-order valence-electron chi connectivity index (χ2n) is 5.43. The lowest BCUT2D eigenvalue weighted by Crippen LogP contribution is -2.34. The maximum absolute atomic E-state index is 5.92. The van der Waals surface area contributed by atoms with Gasteiger partial charge in [0.15, 0.2) is 0 Å². The van der Waals surface area contributed by atoms with E-state index in [1.54, 1.807) is 0 Å².